The van der Waals surface area contributed by atoms with Crippen LogP contribution in [0.5, 0.6) is 0 Å². The molecule has 1 atom stereocenters. The fraction of sp³-hybridized carbons (Fsp3) is 0.588. The number of aliphatic hydroxyl groups is 1. The molecule has 1 saturated heterocycles. The molecule has 0 amide bonds. The molecular weight excluding hydrogens is 339 g/mol. The predicted octanol–water partition coefficient (Wildman–Crippen LogP) is 1.11. The SMILES string of the molecule is CC(O)c1cc2n(n1)CCCN(c1ncc(F)c(N3CCOCC3)n1)C2. The summed E-state index contributed by atoms with van der Waals surface area (Å²) in [5, 5.41) is 14.2. The predicted molar refractivity (Wildman–Crippen MR) is 93.5 cm³/mol. The average molecular weight is 362 g/mol. The zero-order valence-corrected chi connectivity index (χ0v) is 14.8. The van der Waals surface area contributed by atoms with E-state index in [0.29, 0.717) is 50.3 Å². The molecule has 140 valence electrons. The summed E-state index contributed by atoms with van der Waals surface area (Å²) in [5.41, 5.74) is 1.66. The zero-order chi connectivity index (χ0) is 18.1. The zero-order valence-electron chi connectivity index (χ0n) is 14.8. The van der Waals surface area contributed by atoms with Crippen LogP contribution in [0.1, 0.15) is 30.8 Å². The molecule has 1 unspecified atom stereocenters. The Hall–Kier alpha value is -2.26. The number of rotatable bonds is 3. The highest BCUT2D eigenvalue weighted by Crippen LogP contribution is 2.24. The number of aryl methyl sites for hydroxylation is 1. The Kier molecular flexibility index (Phi) is 4.73. The molecule has 0 aromatic carbocycles. The van der Waals surface area contributed by atoms with Gasteiger partial charge in [0.15, 0.2) is 11.6 Å². The van der Waals surface area contributed by atoms with E-state index in [-0.39, 0.29) is 0 Å². The van der Waals surface area contributed by atoms with Gasteiger partial charge in [-0.2, -0.15) is 10.1 Å². The number of morpholine rings is 1. The van der Waals surface area contributed by atoms with Crippen LogP contribution in [0.2, 0.25) is 0 Å². The van der Waals surface area contributed by atoms with Crippen LogP contribution in [-0.2, 0) is 17.8 Å². The van der Waals surface area contributed by atoms with Crippen molar-refractivity contribution in [2.75, 3.05) is 42.6 Å². The van der Waals surface area contributed by atoms with Gasteiger partial charge < -0.3 is 19.6 Å². The molecule has 1 fully saturated rings. The van der Waals surface area contributed by atoms with Gasteiger partial charge >= 0.3 is 0 Å². The Bertz CT molecular complexity index is 775. The van der Waals surface area contributed by atoms with Crippen molar-refractivity contribution in [1.29, 1.82) is 0 Å². The van der Waals surface area contributed by atoms with E-state index >= 15 is 0 Å². The monoisotopic (exact) mass is 362 g/mol. The Morgan fingerprint density at radius 1 is 1.19 bits per heavy atom. The largest absolute Gasteiger partial charge is 0.387 e. The summed E-state index contributed by atoms with van der Waals surface area (Å²) in [6.07, 6.45) is 1.52. The molecule has 9 heteroatoms. The van der Waals surface area contributed by atoms with Crippen molar-refractivity contribution in [3.8, 4) is 0 Å². The lowest BCUT2D eigenvalue weighted by Crippen LogP contribution is -2.38. The molecule has 1 N–H and O–H groups in total. The lowest BCUT2D eigenvalue weighted by molar-refractivity contribution is 0.122. The summed E-state index contributed by atoms with van der Waals surface area (Å²) in [4.78, 5) is 12.7. The van der Waals surface area contributed by atoms with E-state index < -0.39 is 11.9 Å². The molecule has 26 heavy (non-hydrogen) atoms. The van der Waals surface area contributed by atoms with E-state index in [0.717, 1.165) is 25.2 Å². The maximum Gasteiger partial charge on any atom is 0.227 e. The molecule has 2 aliphatic heterocycles. The van der Waals surface area contributed by atoms with Gasteiger partial charge in [-0.15, -0.1) is 0 Å². The Balaban J connectivity index is 1.60. The van der Waals surface area contributed by atoms with Crippen LogP contribution < -0.4 is 9.80 Å². The molecule has 0 bridgehead atoms. The van der Waals surface area contributed by atoms with Crippen LogP contribution in [0.25, 0.3) is 0 Å². The number of hydrogen-bond acceptors (Lipinski definition) is 7. The van der Waals surface area contributed by atoms with E-state index in [4.69, 9.17) is 4.74 Å². The highest BCUT2D eigenvalue weighted by molar-refractivity contribution is 5.45. The minimum absolute atomic E-state index is 0.334. The molecule has 8 nitrogen and oxygen atoms in total. The van der Waals surface area contributed by atoms with Gasteiger partial charge in [-0.05, 0) is 19.4 Å². The van der Waals surface area contributed by atoms with Crippen molar-refractivity contribution in [1.82, 2.24) is 19.7 Å². The van der Waals surface area contributed by atoms with Gasteiger partial charge in [0.2, 0.25) is 5.95 Å². The van der Waals surface area contributed by atoms with Gasteiger partial charge in [0.1, 0.15) is 0 Å². The van der Waals surface area contributed by atoms with Crippen molar-refractivity contribution < 1.29 is 14.2 Å². The molecule has 4 rings (SSSR count). The lowest BCUT2D eigenvalue weighted by Gasteiger charge is -2.29. The van der Waals surface area contributed by atoms with E-state index in [1.807, 2.05) is 20.5 Å². The van der Waals surface area contributed by atoms with Crippen molar-refractivity contribution in [3.05, 3.63) is 29.5 Å². The second-order valence-corrected chi connectivity index (χ2v) is 6.68. The fourth-order valence-corrected chi connectivity index (χ4v) is 3.36. The van der Waals surface area contributed by atoms with Gasteiger partial charge in [-0.25, -0.2) is 9.37 Å². The van der Waals surface area contributed by atoms with Gasteiger partial charge in [0, 0.05) is 26.2 Å². The molecule has 0 spiro atoms. The van der Waals surface area contributed by atoms with Gasteiger partial charge in [0.05, 0.1) is 43.4 Å². The summed E-state index contributed by atoms with van der Waals surface area (Å²) < 4.78 is 21.5. The summed E-state index contributed by atoms with van der Waals surface area (Å²) in [7, 11) is 0. The maximum absolute atomic E-state index is 14.3. The molecule has 2 aromatic rings. The first-order valence-electron chi connectivity index (χ1n) is 8.96. The van der Waals surface area contributed by atoms with Crippen molar-refractivity contribution >= 4 is 11.8 Å². The average Bonchev–Trinajstić information content (AvgIpc) is 2.95. The van der Waals surface area contributed by atoms with Gasteiger partial charge in [-0.3, -0.25) is 4.68 Å². The van der Waals surface area contributed by atoms with E-state index in [9.17, 15) is 9.50 Å². The first-order chi connectivity index (χ1) is 12.6. The first kappa shape index (κ1) is 17.2. The minimum atomic E-state index is -0.599. The highest BCUT2D eigenvalue weighted by atomic mass is 19.1. The van der Waals surface area contributed by atoms with Crippen LogP contribution in [0.4, 0.5) is 16.2 Å². The van der Waals surface area contributed by atoms with Gasteiger partial charge in [0.25, 0.3) is 0 Å². The number of ether oxygens (including phenoxy) is 1. The number of fused-ring (bicyclic) bond motifs is 1. The van der Waals surface area contributed by atoms with Crippen molar-refractivity contribution in [2.24, 2.45) is 0 Å². The number of nitrogens with zero attached hydrogens (tertiary/aromatic N) is 6. The molecule has 2 aliphatic rings. The molecule has 0 radical (unpaired) electrons. The normalized spacial score (nSPS) is 19.2. The first-order valence-corrected chi connectivity index (χ1v) is 8.96. The number of halogens is 1. The van der Waals surface area contributed by atoms with Crippen LogP contribution in [0.15, 0.2) is 12.3 Å². The maximum atomic E-state index is 14.3. The molecular formula is C17H23FN6O2. The fourth-order valence-electron chi connectivity index (χ4n) is 3.36. The third kappa shape index (κ3) is 3.36. The Labute approximate surface area is 151 Å². The van der Waals surface area contributed by atoms with E-state index in [1.165, 1.54) is 6.20 Å². The second kappa shape index (κ2) is 7.16. The van der Waals surface area contributed by atoms with E-state index in [1.54, 1.807) is 6.92 Å². The van der Waals surface area contributed by atoms with Crippen LogP contribution >= 0.6 is 0 Å². The minimum Gasteiger partial charge on any atom is -0.387 e. The summed E-state index contributed by atoms with van der Waals surface area (Å²) in [6, 6.07) is 1.91. The quantitative estimate of drug-likeness (QED) is 0.876. The molecule has 0 aliphatic carbocycles. The van der Waals surface area contributed by atoms with E-state index in [2.05, 4.69) is 15.1 Å². The topological polar surface area (TPSA) is 79.5 Å². The standard InChI is InChI=1S/C17H23FN6O2/c1-12(25)15-9-13-11-23(3-2-4-24(13)21-15)17-19-10-14(18)16(20-17)22-5-7-26-8-6-22/h9-10,12,25H,2-8,11H2,1H3. The number of hydrogen-bond donors (Lipinski definition) is 1. The summed E-state index contributed by atoms with van der Waals surface area (Å²) in [6.45, 7) is 6.21. The Morgan fingerprint density at radius 3 is 2.77 bits per heavy atom. The third-order valence-electron chi connectivity index (χ3n) is 4.77. The number of aliphatic hydroxyl groups excluding tert-OH is 1. The highest BCUT2D eigenvalue weighted by Gasteiger charge is 2.23. The number of anilines is 2. The van der Waals surface area contributed by atoms with Crippen LogP contribution in [0.3, 0.4) is 0 Å². The lowest BCUT2D eigenvalue weighted by atomic mass is 10.2. The second-order valence-electron chi connectivity index (χ2n) is 6.68. The molecule has 0 saturated carbocycles. The van der Waals surface area contributed by atoms with Crippen LogP contribution in [0, 0.1) is 5.82 Å². The third-order valence-corrected chi connectivity index (χ3v) is 4.77. The van der Waals surface area contributed by atoms with Crippen molar-refractivity contribution in [2.45, 2.75) is 32.5 Å². The number of aromatic nitrogens is 4. The molecule has 4 heterocycles. The van der Waals surface area contributed by atoms with Gasteiger partial charge in [-0.1, -0.05) is 0 Å². The summed E-state index contributed by atoms with van der Waals surface area (Å²) >= 11 is 0. The summed E-state index contributed by atoms with van der Waals surface area (Å²) in [5.74, 6) is 0.439. The van der Waals surface area contributed by atoms with Crippen molar-refractivity contribution in [3.63, 3.8) is 0 Å². The molecule has 2 aromatic heterocycles. The van der Waals surface area contributed by atoms with Crippen LogP contribution in [-0.4, -0.2) is 57.7 Å². The smallest absolute Gasteiger partial charge is 0.227 e. The Morgan fingerprint density at radius 2 is 2.00 bits per heavy atom.